The molecule has 0 N–H and O–H groups in total. The van der Waals surface area contributed by atoms with Crippen molar-refractivity contribution in [1.82, 2.24) is 0 Å². The van der Waals surface area contributed by atoms with Crippen LogP contribution in [0.4, 0.5) is 0 Å². The van der Waals surface area contributed by atoms with Gasteiger partial charge in [0.2, 0.25) is 0 Å². The molecule has 2 rings (SSSR count). The maximum atomic E-state index is 12.2. The summed E-state index contributed by atoms with van der Waals surface area (Å²) < 4.78 is 5.68. The average molecular weight is 284 g/mol. The van der Waals surface area contributed by atoms with Crippen LogP contribution in [0.25, 0.3) is 10.8 Å². The lowest BCUT2D eigenvalue weighted by Crippen LogP contribution is -2.26. The van der Waals surface area contributed by atoms with E-state index in [1.807, 2.05) is 39.8 Å². The Morgan fingerprint density at radius 3 is 2.52 bits per heavy atom. The van der Waals surface area contributed by atoms with E-state index in [0.29, 0.717) is 0 Å². The average Bonchev–Trinajstić information content (AvgIpc) is 2.47. The Bertz CT molecular complexity index is 656. The van der Waals surface area contributed by atoms with Crippen molar-refractivity contribution in [2.75, 3.05) is 0 Å². The van der Waals surface area contributed by atoms with E-state index in [1.165, 1.54) is 16.3 Å². The number of hydrogen-bond donors (Lipinski definition) is 0. The summed E-state index contributed by atoms with van der Waals surface area (Å²) in [5.41, 5.74) is 1.83. The number of fused-ring (bicyclic) bond motifs is 1. The van der Waals surface area contributed by atoms with Gasteiger partial charge in [-0.2, -0.15) is 0 Å². The molecule has 0 bridgehead atoms. The summed E-state index contributed by atoms with van der Waals surface area (Å²) >= 11 is 0. The molecular formula is C19H24O2. The Hall–Kier alpha value is -1.83. The largest absolute Gasteiger partial charge is 0.457 e. The molecule has 0 aliphatic heterocycles. The summed E-state index contributed by atoms with van der Waals surface area (Å²) in [6, 6.07) is 12.4. The van der Waals surface area contributed by atoms with Crippen molar-refractivity contribution in [3.8, 4) is 0 Å². The van der Waals surface area contributed by atoms with E-state index < -0.39 is 5.41 Å². The van der Waals surface area contributed by atoms with Crippen molar-refractivity contribution < 1.29 is 9.53 Å². The number of benzene rings is 2. The third-order valence-electron chi connectivity index (χ3n) is 4.40. The number of aryl methyl sites for hydroxylation is 1. The molecule has 0 radical (unpaired) electrons. The molecule has 0 aliphatic rings. The van der Waals surface area contributed by atoms with E-state index >= 15 is 0 Å². The highest BCUT2D eigenvalue weighted by atomic mass is 16.5. The monoisotopic (exact) mass is 284 g/mol. The Kier molecular flexibility index (Phi) is 4.36. The number of rotatable bonds is 4. The Labute approximate surface area is 127 Å². The molecule has 2 aromatic carbocycles. The highest BCUT2D eigenvalue weighted by Gasteiger charge is 2.29. The summed E-state index contributed by atoms with van der Waals surface area (Å²) in [5.74, 6) is -0.134. The molecule has 1 unspecified atom stereocenters. The summed E-state index contributed by atoms with van der Waals surface area (Å²) in [6.45, 7) is 9.89. The van der Waals surface area contributed by atoms with E-state index in [1.54, 1.807) is 0 Å². The fourth-order valence-electron chi connectivity index (χ4n) is 2.41. The van der Waals surface area contributed by atoms with E-state index in [4.69, 9.17) is 4.74 Å². The van der Waals surface area contributed by atoms with Crippen molar-refractivity contribution in [2.45, 2.75) is 47.1 Å². The van der Waals surface area contributed by atoms with Crippen molar-refractivity contribution in [3.63, 3.8) is 0 Å². The van der Waals surface area contributed by atoms with E-state index in [0.717, 1.165) is 12.0 Å². The van der Waals surface area contributed by atoms with Crippen LogP contribution in [0.1, 0.15) is 51.3 Å². The van der Waals surface area contributed by atoms with E-state index in [2.05, 4.69) is 31.2 Å². The molecule has 0 spiro atoms. The molecule has 21 heavy (non-hydrogen) atoms. The quantitative estimate of drug-likeness (QED) is 0.722. The van der Waals surface area contributed by atoms with E-state index in [9.17, 15) is 4.79 Å². The van der Waals surface area contributed by atoms with Crippen LogP contribution >= 0.6 is 0 Å². The molecule has 0 aliphatic carbocycles. The highest BCUT2D eigenvalue weighted by Crippen LogP contribution is 2.30. The minimum Gasteiger partial charge on any atom is -0.457 e. The first-order valence-corrected chi connectivity index (χ1v) is 7.56. The van der Waals surface area contributed by atoms with Gasteiger partial charge in [-0.15, -0.1) is 0 Å². The molecule has 2 nitrogen and oxygen atoms in total. The van der Waals surface area contributed by atoms with Crippen LogP contribution in [-0.4, -0.2) is 5.97 Å². The van der Waals surface area contributed by atoms with Gasteiger partial charge in [-0.1, -0.05) is 43.3 Å². The van der Waals surface area contributed by atoms with Crippen molar-refractivity contribution >= 4 is 16.7 Å². The number of ether oxygens (including phenoxy) is 1. The van der Waals surface area contributed by atoms with Crippen LogP contribution < -0.4 is 0 Å². The highest BCUT2D eigenvalue weighted by molar-refractivity contribution is 5.86. The molecule has 0 saturated carbocycles. The lowest BCUT2D eigenvalue weighted by atomic mass is 9.90. The van der Waals surface area contributed by atoms with Crippen LogP contribution in [-0.2, 0) is 9.53 Å². The summed E-state index contributed by atoms with van der Waals surface area (Å²) in [6.07, 6.45) is 0.544. The molecule has 0 fully saturated rings. The molecule has 1 atom stereocenters. The molecule has 0 saturated heterocycles. The molecular weight excluding hydrogens is 260 g/mol. The van der Waals surface area contributed by atoms with Gasteiger partial charge in [0.1, 0.15) is 6.10 Å². The zero-order chi connectivity index (χ0) is 15.6. The first-order chi connectivity index (χ1) is 9.86. The van der Waals surface area contributed by atoms with Gasteiger partial charge in [-0.25, -0.2) is 0 Å². The van der Waals surface area contributed by atoms with Gasteiger partial charge in [0.15, 0.2) is 0 Å². The maximum Gasteiger partial charge on any atom is 0.312 e. The number of carbonyl (C=O) groups is 1. The van der Waals surface area contributed by atoms with Crippen molar-refractivity contribution in [1.29, 1.82) is 0 Å². The molecule has 2 heteroatoms. The normalized spacial score (nSPS) is 13.2. The standard InChI is InChI=1S/C19H24O2/c1-6-19(4,5)18(20)21-14(3)16-12-11-15-9-7-8-10-17(15)13(16)2/h7-12,14H,6H2,1-5H3. The zero-order valence-corrected chi connectivity index (χ0v) is 13.6. The minimum absolute atomic E-state index is 0.134. The third-order valence-corrected chi connectivity index (χ3v) is 4.40. The fourth-order valence-corrected chi connectivity index (χ4v) is 2.41. The second-order valence-electron chi connectivity index (χ2n) is 6.29. The molecule has 0 aromatic heterocycles. The molecule has 112 valence electrons. The first kappa shape index (κ1) is 15.6. The SMILES string of the molecule is CCC(C)(C)C(=O)OC(C)c1ccc2ccccc2c1C. The molecule has 2 aromatic rings. The lowest BCUT2D eigenvalue weighted by molar-refractivity contribution is -0.159. The van der Waals surface area contributed by atoms with Gasteiger partial charge < -0.3 is 4.74 Å². The number of hydrogen-bond acceptors (Lipinski definition) is 2. The maximum absolute atomic E-state index is 12.2. The smallest absolute Gasteiger partial charge is 0.312 e. The second kappa shape index (κ2) is 5.88. The zero-order valence-electron chi connectivity index (χ0n) is 13.6. The van der Waals surface area contributed by atoms with Crippen molar-refractivity contribution in [2.24, 2.45) is 5.41 Å². The third kappa shape index (κ3) is 3.10. The Balaban J connectivity index is 2.30. The van der Waals surface area contributed by atoms with E-state index in [-0.39, 0.29) is 12.1 Å². The Morgan fingerprint density at radius 1 is 1.19 bits per heavy atom. The van der Waals surface area contributed by atoms with Crippen LogP contribution in [0.5, 0.6) is 0 Å². The summed E-state index contributed by atoms with van der Waals surface area (Å²) in [7, 11) is 0. The predicted octanol–water partition coefficient (Wildman–Crippen LogP) is 5.19. The lowest BCUT2D eigenvalue weighted by Gasteiger charge is -2.24. The van der Waals surface area contributed by atoms with Crippen molar-refractivity contribution in [3.05, 3.63) is 47.5 Å². The van der Waals surface area contributed by atoms with Crippen LogP contribution in [0.15, 0.2) is 36.4 Å². The number of carbonyl (C=O) groups excluding carboxylic acids is 1. The van der Waals surface area contributed by atoms with Gasteiger partial charge in [-0.05, 0) is 56.0 Å². The summed E-state index contributed by atoms with van der Waals surface area (Å²) in [5, 5.41) is 2.43. The van der Waals surface area contributed by atoms with Gasteiger partial charge in [0.25, 0.3) is 0 Å². The number of esters is 1. The van der Waals surface area contributed by atoms with Crippen LogP contribution in [0, 0.1) is 12.3 Å². The minimum atomic E-state index is -0.432. The second-order valence-corrected chi connectivity index (χ2v) is 6.29. The molecule has 0 amide bonds. The van der Waals surface area contributed by atoms with Gasteiger partial charge in [0, 0.05) is 0 Å². The van der Waals surface area contributed by atoms with Crippen LogP contribution in [0.3, 0.4) is 0 Å². The topological polar surface area (TPSA) is 26.3 Å². The van der Waals surface area contributed by atoms with Gasteiger partial charge in [0.05, 0.1) is 5.41 Å². The van der Waals surface area contributed by atoms with Gasteiger partial charge >= 0.3 is 5.97 Å². The predicted molar refractivity (Wildman–Crippen MR) is 87.3 cm³/mol. The van der Waals surface area contributed by atoms with Crippen LogP contribution in [0.2, 0.25) is 0 Å². The Morgan fingerprint density at radius 2 is 1.86 bits per heavy atom. The fraction of sp³-hybridized carbons (Fsp3) is 0.421. The summed E-state index contributed by atoms with van der Waals surface area (Å²) in [4.78, 5) is 12.2. The van der Waals surface area contributed by atoms with Gasteiger partial charge in [-0.3, -0.25) is 4.79 Å². The molecule has 0 heterocycles. The first-order valence-electron chi connectivity index (χ1n) is 7.56.